The van der Waals surface area contributed by atoms with E-state index in [4.69, 9.17) is 4.74 Å². The van der Waals surface area contributed by atoms with E-state index in [9.17, 15) is 0 Å². The maximum Gasteiger partial charge on any atom is 0.209 e. The van der Waals surface area contributed by atoms with Crippen molar-refractivity contribution in [2.24, 2.45) is 0 Å². The van der Waals surface area contributed by atoms with Crippen molar-refractivity contribution in [2.45, 2.75) is 0 Å². The lowest BCUT2D eigenvalue weighted by Crippen LogP contribution is -1.84. The number of benzene rings is 1. The number of nitrogens with zero attached hydrogens (tertiary/aromatic N) is 2. The highest BCUT2D eigenvalue weighted by molar-refractivity contribution is 9.10. The summed E-state index contributed by atoms with van der Waals surface area (Å²) in [6.45, 7) is 0. The number of rotatable bonds is 2. The summed E-state index contributed by atoms with van der Waals surface area (Å²) >= 11 is 8.01. The van der Waals surface area contributed by atoms with Gasteiger partial charge in [-0.3, -0.25) is 0 Å². The van der Waals surface area contributed by atoms with Crippen LogP contribution in [-0.2, 0) is 0 Å². The van der Waals surface area contributed by atoms with E-state index in [1.165, 1.54) is 11.5 Å². The van der Waals surface area contributed by atoms with Gasteiger partial charge in [0.1, 0.15) is 10.8 Å². The van der Waals surface area contributed by atoms with Crippen molar-refractivity contribution >= 4 is 43.4 Å². The van der Waals surface area contributed by atoms with Crippen molar-refractivity contribution in [3.8, 4) is 16.3 Å². The van der Waals surface area contributed by atoms with Gasteiger partial charge in [0.2, 0.25) is 4.73 Å². The molecule has 0 unspecified atom stereocenters. The largest absolute Gasteiger partial charge is 0.496 e. The molecule has 3 nitrogen and oxygen atoms in total. The second-order valence-corrected chi connectivity index (χ2v) is 5.03. The summed E-state index contributed by atoms with van der Waals surface area (Å²) in [5.74, 6) is 0.808. The lowest BCUT2D eigenvalue weighted by molar-refractivity contribution is 0.412. The molecular weight excluding hydrogens is 344 g/mol. The Morgan fingerprint density at radius 2 is 2.13 bits per heavy atom. The molecule has 6 heteroatoms. The first-order chi connectivity index (χ1) is 7.20. The summed E-state index contributed by atoms with van der Waals surface area (Å²) in [5.41, 5.74) is 1.02. The number of hydrogen-bond acceptors (Lipinski definition) is 4. The van der Waals surface area contributed by atoms with Crippen molar-refractivity contribution in [3.63, 3.8) is 0 Å². The summed E-state index contributed by atoms with van der Waals surface area (Å²) in [5, 5.41) is 0.880. The highest BCUT2D eigenvalue weighted by atomic mass is 79.9. The molecule has 0 aliphatic heterocycles. The predicted molar refractivity (Wildman–Crippen MR) is 67.3 cm³/mol. The van der Waals surface area contributed by atoms with Gasteiger partial charge in [0.25, 0.3) is 0 Å². The molecule has 78 valence electrons. The first kappa shape index (κ1) is 11.0. The van der Waals surface area contributed by atoms with E-state index in [2.05, 4.69) is 41.2 Å². The highest BCUT2D eigenvalue weighted by Crippen LogP contribution is 2.31. The van der Waals surface area contributed by atoms with Gasteiger partial charge < -0.3 is 4.74 Å². The van der Waals surface area contributed by atoms with Crippen LogP contribution in [0.4, 0.5) is 0 Å². The molecule has 0 radical (unpaired) electrons. The second-order valence-electron chi connectivity index (χ2n) is 2.72. The molecule has 0 aliphatic rings. The Morgan fingerprint density at radius 1 is 1.33 bits per heavy atom. The zero-order valence-corrected chi connectivity index (χ0v) is 11.7. The minimum absolute atomic E-state index is 0.620. The van der Waals surface area contributed by atoms with Gasteiger partial charge in [0.15, 0.2) is 0 Å². The average molecular weight is 350 g/mol. The van der Waals surface area contributed by atoms with Crippen molar-refractivity contribution in [1.82, 2.24) is 9.36 Å². The van der Waals surface area contributed by atoms with Crippen LogP contribution in [-0.4, -0.2) is 16.5 Å². The number of ether oxygens (including phenoxy) is 1. The molecule has 0 amide bonds. The molecule has 2 aromatic rings. The maximum atomic E-state index is 5.15. The van der Waals surface area contributed by atoms with Crippen LogP contribution >= 0.6 is 43.4 Å². The van der Waals surface area contributed by atoms with Crippen LogP contribution in [0.25, 0.3) is 10.6 Å². The molecule has 0 saturated carbocycles. The Balaban J connectivity index is 2.42. The fraction of sp³-hybridized carbons (Fsp3) is 0.111. The van der Waals surface area contributed by atoms with Gasteiger partial charge >= 0.3 is 0 Å². The van der Waals surface area contributed by atoms with Crippen LogP contribution < -0.4 is 4.74 Å². The van der Waals surface area contributed by atoms with Crippen LogP contribution in [0.5, 0.6) is 5.75 Å². The van der Waals surface area contributed by atoms with E-state index in [1.54, 1.807) is 7.11 Å². The molecule has 15 heavy (non-hydrogen) atoms. The Labute approximate surface area is 108 Å². The second kappa shape index (κ2) is 4.59. The van der Waals surface area contributed by atoms with Crippen LogP contribution in [0, 0.1) is 0 Å². The summed E-state index contributed by atoms with van der Waals surface area (Å²) < 4.78 is 10.7. The van der Waals surface area contributed by atoms with Crippen molar-refractivity contribution in [1.29, 1.82) is 0 Å². The Morgan fingerprint density at radius 3 is 2.67 bits per heavy atom. The van der Waals surface area contributed by atoms with Crippen LogP contribution in [0.15, 0.2) is 27.4 Å². The summed E-state index contributed by atoms with van der Waals surface area (Å²) in [6, 6.07) is 5.82. The van der Waals surface area contributed by atoms with Crippen LogP contribution in [0.3, 0.4) is 0 Å². The maximum absolute atomic E-state index is 5.15. The monoisotopic (exact) mass is 348 g/mol. The van der Waals surface area contributed by atoms with Crippen molar-refractivity contribution in [2.75, 3.05) is 7.11 Å². The molecule has 0 fully saturated rings. The molecular formula is C9H6Br2N2OS. The van der Waals surface area contributed by atoms with E-state index >= 15 is 0 Å². The van der Waals surface area contributed by atoms with E-state index in [1.807, 2.05) is 18.2 Å². The number of aromatic nitrogens is 2. The predicted octanol–water partition coefficient (Wildman–Crippen LogP) is 3.74. The van der Waals surface area contributed by atoms with Crippen LogP contribution in [0.1, 0.15) is 0 Å². The number of methoxy groups -OCH3 is 1. The smallest absolute Gasteiger partial charge is 0.209 e. The summed E-state index contributed by atoms with van der Waals surface area (Å²) in [7, 11) is 1.64. The minimum Gasteiger partial charge on any atom is -0.496 e. The van der Waals surface area contributed by atoms with Crippen molar-refractivity contribution < 1.29 is 4.74 Å². The van der Waals surface area contributed by atoms with Gasteiger partial charge in [-0.25, -0.2) is 4.98 Å². The lowest BCUT2D eigenvalue weighted by Gasteiger charge is -2.03. The quantitative estimate of drug-likeness (QED) is 0.828. The molecule has 0 N–H and O–H groups in total. The first-order valence-electron chi connectivity index (χ1n) is 4.04. The van der Waals surface area contributed by atoms with Crippen LogP contribution in [0.2, 0.25) is 0 Å². The van der Waals surface area contributed by atoms with E-state index < -0.39 is 0 Å². The topological polar surface area (TPSA) is 35.0 Å². The molecule has 0 spiro atoms. The molecule has 0 aliphatic carbocycles. The normalized spacial score (nSPS) is 10.3. The lowest BCUT2D eigenvalue weighted by atomic mass is 10.2. The van der Waals surface area contributed by atoms with E-state index in [0.29, 0.717) is 4.73 Å². The Hall–Kier alpha value is -0.460. The van der Waals surface area contributed by atoms with Gasteiger partial charge in [-0.2, -0.15) is 4.37 Å². The fourth-order valence-corrected chi connectivity index (χ4v) is 2.74. The molecule has 0 bridgehead atoms. The molecule has 0 atom stereocenters. The summed E-state index contributed by atoms with van der Waals surface area (Å²) in [6.07, 6.45) is 0. The Bertz CT molecular complexity index is 487. The average Bonchev–Trinajstić information content (AvgIpc) is 2.65. The third-order valence-electron chi connectivity index (χ3n) is 1.80. The molecule has 1 heterocycles. The third-order valence-corrected chi connectivity index (χ3v) is 3.77. The molecule has 2 rings (SSSR count). The van der Waals surface area contributed by atoms with E-state index in [-0.39, 0.29) is 0 Å². The van der Waals surface area contributed by atoms with Crippen molar-refractivity contribution in [3.05, 3.63) is 27.4 Å². The Kier molecular flexibility index (Phi) is 3.38. The molecule has 1 aromatic heterocycles. The zero-order chi connectivity index (χ0) is 10.8. The number of hydrogen-bond donors (Lipinski definition) is 0. The highest BCUT2D eigenvalue weighted by Gasteiger charge is 2.07. The van der Waals surface area contributed by atoms with Gasteiger partial charge in [-0.05, 0) is 61.6 Å². The standard InChI is InChI=1S/C9H6Br2N2OS/c1-14-7-3-2-5(4-6(7)10)8-12-9(11)13-15-8/h2-4H,1H3. The zero-order valence-electron chi connectivity index (χ0n) is 7.70. The molecule has 0 saturated heterocycles. The fourth-order valence-electron chi connectivity index (χ4n) is 1.12. The van der Waals surface area contributed by atoms with E-state index in [0.717, 1.165) is 20.8 Å². The first-order valence-corrected chi connectivity index (χ1v) is 6.40. The van der Waals surface area contributed by atoms with Gasteiger partial charge in [-0.1, -0.05) is 0 Å². The number of halogens is 2. The van der Waals surface area contributed by atoms with Gasteiger partial charge in [0.05, 0.1) is 11.6 Å². The van der Waals surface area contributed by atoms with Gasteiger partial charge in [0, 0.05) is 5.56 Å². The minimum atomic E-state index is 0.620. The SMILES string of the molecule is COc1ccc(-c2nc(Br)ns2)cc1Br. The molecule has 1 aromatic carbocycles. The third kappa shape index (κ3) is 2.38. The summed E-state index contributed by atoms with van der Waals surface area (Å²) in [4.78, 5) is 4.24. The van der Waals surface area contributed by atoms with Gasteiger partial charge in [-0.15, -0.1) is 0 Å².